The van der Waals surface area contributed by atoms with Gasteiger partial charge in [-0.25, -0.2) is 9.78 Å². The maximum Gasteiger partial charge on any atom is 0.346 e. The molecule has 0 atom stereocenters. The van der Waals surface area contributed by atoms with Gasteiger partial charge in [-0.2, -0.15) is 0 Å². The molecule has 0 unspecified atom stereocenters. The summed E-state index contributed by atoms with van der Waals surface area (Å²) in [5.74, 6) is 0.546. The fourth-order valence-electron chi connectivity index (χ4n) is 2.68. The molecular weight excluding hydrogens is 368 g/mol. The van der Waals surface area contributed by atoms with Crippen molar-refractivity contribution < 1.29 is 19.4 Å². The van der Waals surface area contributed by atoms with Crippen LogP contribution in [0.1, 0.15) is 33.5 Å². The Kier molecular flexibility index (Phi) is 5.27. The van der Waals surface area contributed by atoms with Crippen molar-refractivity contribution in [2.24, 2.45) is 0 Å². The van der Waals surface area contributed by atoms with Crippen LogP contribution in [-0.2, 0) is 0 Å². The summed E-state index contributed by atoms with van der Waals surface area (Å²) in [4.78, 5) is 31.2. The van der Waals surface area contributed by atoms with Crippen molar-refractivity contribution >= 4 is 39.7 Å². The lowest BCUT2D eigenvalue weighted by Gasteiger charge is -2.09. The molecule has 0 bridgehead atoms. The quantitative estimate of drug-likeness (QED) is 0.672. The zero-order valence-electron chi connectivity index (χ0n) is 15.0. The standard InChI is InChI=1S/C19H18N2O5S/c1-4-26-13-9-11(5-7-12(13)25-3)6-8-14-20-17(22)15-10(2)16(19(23)24)27-18(15)21-14/h5-9H,4H2,1-3H3,(H,23,24)(H,20,21,22)/b8-6-. The highest BCUT2D eigenvalue weighted by Crippen LogP contribution is 2.29. The van der Waals surface area contributed by atoms with Gasteiger partial charge in [-0.3, -0.25) is 4.79 Å². The minimum absolute atomic E-state index is 0.126. The van der Waals surface area contributed by atoms with Gasteiger partial charge in [-0.1, -0.05) is 12.1 Å². The number of nitrogens with zero attached hydrogens (tertiary/aromatic N) is 1. The smallest absolute Gasteiger partial charge is 0.346 e. The summed E-state index contributed by atoms with van der Waals surface area (Å²) < 4.78 is 10.8. The van der Waals surface area contributed by atoms with Gasteiger partial charge in [0.15, 0.2) is 11.5 Å². The predicted octanol–water partition coefficient (Wildman–Crippen LogP) is 3.57. The van der Waals surface area contributed by atoms with Crippen LogP contribution < -0.4 is 15.0 Å². The van der Waals surface area contributed by atoms with Crippen molar-refractivity contribution in [3.05, 3.63) is 50.4 Å². The molecule has 2 aromatic heterocycles. The van der Waals surface area contributed by atoms with Crippen molar-refractivity contribution in [2.75, 3.05) is 13.7 Å². The van der Waals surface area contributed by atoms with Gasteiger partial charge in [0, 0.05) is 0 Å². The van der Waals surface area contributed by atoms with E-state index in [4.69, 9.17) is 9.47 Å². The summed E-state index contributed by atoms with van der Waals surface area (Å²) in [7, 11) is 1.58. The molecule has 0 fully saturated rings. The normalized spacial score (nSPS) is 11.2. The number of carboxylic acids is 1. The van der Waals surface area contributed by atoms with Crippen LogP contribution in [0.3, 0.4) is 0 Å². The van der Waals surface area contributed by atoms with Crippen molar-refractivity contribution in [1.82, 2.24) is 9.97 Å². The summed E-state index contributed by atoms with van der Waals surface area (Å²) in [5.41, 5.74) is 0.921. The first-order valence-corrected chi connectivity index (χ1v) is 9.01. The highest BCUT2D eigenvalue weighted by molar-refractivity contribution is 7.20. The number of nitrogens with one attached hydrogen (secondary N) is 1. The number of aromatic nitrogens is 2. The molecule has 3 rings (SSSR count). The number of thiophene rings is 1. The molecule has 140 valence electrons. The van der Waals surface area contributed by atoms with Crippen molar-refractivity contribution in [2.45, 2.75) is 13.8 Å². The van der Waals surface area contributed by atoms with Crippen LogP contribution in [0.4, 0.5) is 0 Å². The van der Waals surface area contributed by atoms with Gasteiger partial charge in [0.25, 0.3) is 5.56 Å². The van der Waals surface area contributed by atoms with Crippen molar-refractivity contribution in [1.29, 1.82) is 0 Å². The number of rotatable bonds is 6. The average molecular weight is 386 g/mol. The first-order chi connectivity index (χ1) is 12.9. The predicted molar refractivity (Wildman–Crippen MR) is 105 cm³/mol. The molecule has 1 aromatic carbocycles. The molecule has 7 nitrogen and oxygen atoms in total. The number of aromatic carboxylic acids is 1. The second-order valence-electron chi connectivity index (χ2n) is 5.67. The maximum absolute atomic E-state index is 12.3. The van der Waals surface area contributed by atoms with Crippen LogP contribution >= 0.6 is 11.3 Å². The van der Waals surface area contributed by atoms with Gasteiger partial charge >= 0.3 is 5.97 Å². The van der Waals surface area contributed by atoms with E-state index in [0.29, 0.717) is 39.7 Å². The van der Waals surface area contributed by atoms with E-state index in [1.165, 1.54) is 0 Å². The number of aryl methyl sites for hydroxylation is 1. The Bertz CT molecular complexity index is 1100. The van der Waals surface area contributed by atoms with Crippen LogP contribution in [-0.4, -0.2) is 34.8 Å². The van der Waals surface area contributed by atoms with Gasteiger partial charge in [0.05, 0.1) is 19.1 Å². The summed E-state index contributed by atoms with van der Waals surface area (Å²) in [6.45, 7) is 4.01. The van der Waals surface area contributed by atoms with E-state index in [9.17, 15) is 14.7 Å². The third-order valence-electron chi connectivity index (χ3n) is 3.93. The molecule has 0 saturated carbocycles. The number of H-pyrrole nitrogens is 1. The van der Waals surface area contributed by atoms with Crippen LogP contribution in [0.15, 0.2) is 23.0 Å². The van der Waals surface area contributed by atoms with Gasteiger partial charge < -0.3 is 19.6 Å². The number of carboxylic acid groups (broad SMARTS) is 1. The minimum atomic E-state index is -1.06. The fraction of sp³-hybridized carbons (Fsp3) is 0.211. The summed E-state index contributed by atoms with van der Waals surface area (Å²) >= 11 is 0.995. The first kappa shape index (κ1) is 18.7. The Balaban J connectivity index is 1.98. The number of hydrogen-bond donors (Lipinski definition) is 2. The van der Waals surface area contributed by atoms with Gasteiger partial charge in [-0.15, -0.1) is 11.3 Å². The summed E-state index contributed by atoms with van der Waals surface area (Å²) in [6.07, 6.45) is 3.44. The molecule has 0 aliphatic heterocycles. The highest BCUT2D eigenvalue weighted by atomic mass is 32.1. The number of benzene rings is 1. The van der Waals surface area contributed by atoms with Gasteiger partial charge in [0.1, 0.15) is 15.5 Å². The minimum Gasteiger partial charge on any atom is -0.493 e. The summed E-state index contributed by atoms with van der Waals surface area (Å²) in [5, 5.41) is 9.54. The summed E-state index contributed by atoms with van der Waals surface area (Å²) in [6, 6.07) is 5.48. The van der Waals surface area contributed by atoms with Gasteiger partial charge in [-0.05, 0) is 43.2 Å². The number of fused-ring (bicyclic) bond motifs is 1. The molecule has 27 heavy (non-hydrogen) atoms. The molecule has 8 heteroatoms. The maximum atomic E-state index is 12.3. The Labute approximate surface area is 158 Å². The molecule has 0 saturated heterocycles. The van der Waals surface area contributed by atoms with Crippen LogP contribution in [0.25, 0.3) is 22.4 Å². The third kappa shape index (κ3) is 3.70. The van der Waals surface area contributed by atoms with E-state index >= 15 is 0 Å². The van der Waals surface area contributed by atoms with E-state index in [-0.39, 0.29) is 10.4 Å². The second-order valence-corrected chi connectivity index (χ2v) is 6.67. The molecule has 2 heterocycles. The van der Waals surface area contributed by atoms with E-state index in [0.717, 1.165) is 16.9 Å². The van der Waals surface area contributed by atoms with Crippen molar-refractivity contribution in [3.8, 4) is 11.5 Å². The monoisotopic (exact) mass is 386 g/mol. The van der Waals surface area contributed by atoms with E-state index in [1.54, 1.807) is 32.3 Å². The van der Waals surface area contributed by atoms with E-state index in [1.807, 2.05) is 19.1 Å². The zero-order valence-corrected chi connectivity index (χ0v) is 15.8. The van der Waals surface area contributed by atoms with Crippen LogP contribution in [0.2, 0.25) is 0 Å². The van der Waals surface area contributed by atoms with Crippen LogP contribution in [0, 0.1) is 6.92 Å². The number of methoxy groups -OCH3 is 1. The van der Waals surface area contributed by atoms with E-state index < -0.39 is 5.97 Å². The number of aromatic amines is 1. The topological polar surface area (TPSA) is 102 Å². The molecule has 0 aliphatic rings. The third-order valence-corrected chi connectivity index (χ3v) is 5.11. The molecule has 0 spiro atoms. The number of hydrogen-bond acceptors (Lipinski definition) is 6. The highest BCUT2D eigenvalue weighted by Gasteiger charge is 2.18. The van der Waals surface area contributed by atoms with Crippen LogP contribution in [0.5, 0.6) is 11.5 Å². The molecule has 0 aliphatic carbocycles. The Hall–Kier alpha value is -3.13. The lowest BCUT2D eigenvalue weighted by atomic mass is 10.2. The Morgan fingerprint density at radius 3 is 2.78 bits per heavy atom. The molecule has 3 aromatic rings. The molecule has 0 radical (unpaired) electrons. The van der Waals surface area contributed by atoms with Crippen molar-refractivity contribution in [3.63, 3.8) is 0 Å². The Morgan fingerprint density at radius 1 is 1.33 bits per heavy atom. The van der Waals surface area contributed by atoms with Gasteiger partial charge in [0.2, 0.25) is 0 Å². The largest absolute Gasteiger partial charge is 0.493 e. The number of carbonyl (C=O) groups is 1. The molecule has 2 N–H and O–H groups in total. The SMILES string of the molecule is CCOc1cc(/C=C\c2nc3sc(C(=O)O)c(C)c3c(=O)[nH]2)ccc1OC. The van der Waals surface area contributed by atoms with E-state index in [2.05, 4.69) is 9.97 Å². The number of ether oxygens (including phenoxy) is 2. The molecule has 0 amide bonds. The zero-order chi connectivity index (χ0) is 19.6. The second kappa shape index (κ2) is 7.63. The lowest BCUT2D eigenvalue weighted by molar-refractivity contribution is 0.0701. The molecular formula is C19H18N2O5S. The average Bonchev–Trinajstić information content (AvgIpc) is 2.98. The Morgan fingerprint density at radius 2 is 2.11 bits per heavy atom. The fourth-order valence-corrected chi connectivity index (χ4v) is 3.71. The first-order valence-electron chi connectivity index (χ1n) is 8.20. The lowest BCUT2D eigenvalue weighted by Crippen LogP contribution is -2.09.